The number of halogens is 3. The smallest absolute Gasteiger partial charge is 0.262 e. The Morgan fingerprint density at radius 1 is 1.03 bits per heavy atom. The van der Waals surface area contributed by atoms with Gasteiger partial charge in [-0.15, -0.1) is 0 Å². The van der Waals surface area contributed by atoms with Crippen LogP contribution in [-0.4, -0.2) is 20.9 Å². The second kappa shape index (κ2) is 9.46. The van der Waals surface area contributed by atoms with E-state index in [4.69, 9.17) is 16.3 Å². The molecule has 3 aromatic carbocycles. The maximum Gasteiger partial charge on any atom is 0.262 e. The van der Waals surface area contributed by atoms with Crippen LogP contribution in [0, 0.1) is 5.82 Å². The highest BCUT2D eigenvalue weighted by Crippen LogP contribution is 2.28. The van der Waals surface area contributed by atoms with Crippen LogP contribution in [-0.2, 0) is 14.8 Å². The topological polar surface area (TPSA) is 84.5 Å². The molecular formula is C20H15BrClFN2O4S. The Bertz CT molecular complexity index is 1170. The Morgan fingerprint density at radius 2 is 1.77 bits per heavy atom. The Labute approximate surface area is 186 Å². The number of anilines is 2. The molecule has 156 valence electrons. The van der Waals surface area contributed by atoms with Crippen LogP contribution in [0.4, 0.5) is 15.8 Å². The molecule has 6 nitrogen and oxygen atoms in total. The molecule has 0 aromatic heterocycles. The molecule has 0 aliphatic rings. The molecule has 0 aliphatic carbocycles. The van der Waals surface area contributed by atoms with E-state index in [2.05, 4.69) is 26.0 Å². The number of ether oxygens (including phenoxy) is 1. The first kappa shape index (κ1) is 22.1. The molecule has 1 amide bonds. The lowest BCUT2D eigenvalue weighted by atomic mass is 10.3. The molecule has 0 bridgehead atoms. The van der Waals surface area contributed by atoms with Gasteiger partial charge in [0.15, 0.2) is 6.61 Å². The molecule has 0 fully saturated rings. The fourth-order valence-corrected chi connectivity index (χ4v) is 4.19. The van der Waals surface area contributed by atoms with Crippen LogP contribution in [0.3, 0.4) is 0 Å². The van der Waals surface area contributed by atoms with Crippen LogP contribution in [0.25, 0.3) is 0 Å². The summed E-state index contributed by atoms with van der Waals surface area (Å²) < 4.78 is 46.5. The maximum absolute atomic E-state index is 13.0. The van der Waals surface area contributed by atoms with E-state index in [-0.39, 0.29) is 28.0 Å². The number of sulfonamides is 1. The monoisotopic (exact) mass is 512 g/mol. The summed E-state index contributed by atoms with van der Waals surface area (Å²) in [7, 11) is -3.94. The summed E-state index contributed by atoms with van der Waals surface area (Å²) in [6.45, 7) is -0.313. The number of amides is 1. The van der Waals surface area contributed by atoms with Crippen molar-refractivity contribution in [3.8, 4) is 5.75 Å². The summed E-state index contributed by atoms with van der Waals surface area (Å²) in [5.74, 6) is -0.730. The summed E-state index contributed by atoms with van der Waals surface area (Å²) in [6.07, 6.45) is 0. The number of rotatable bonds is 7. The van der Waals surface area contributed by atoms with Gasteiger partial charge < -0.3 is 10.1 Å². The molecule has 30 heavy (non-hydrogen) atoms. The van der Waals surface area contributed by atoms with Crippen molar-refractivity contribution in [3.63, 3.8) is 0 Å². The molecule has 0 saturated carbocycles. The highest BCUT2D eigenvalue weighted by molar-refractivity contribution is 9.10. The minimum Gasteiger partial charge on any atom is -0.482 e. The first-order valence-electron chi connectivity index (χ1n) is 8.49. The van der Waals surface area contributed by atoms with Gasteiger partial charge in [-0.05, 0) is 60.7 Å². The summed E-state index contributed by atoms with van der Waals surface area (Å²) in [6, 6.07) is 15.8. The van der Waals surface area contributed by atoms with Crippen molar-refractivity contribution in [1.82, 2.24) is 0 Å². The lowest BCUT2D eigenvalue weighted by Gasteiger charge is -2.12. The third kappa shape index (κ3) is 5.94. The lowest BCUT2D eigenvalue weighted by molar-refractivity contribution is -0.118. The van der Waals surface area contributed by atoms with E-state index in [1.54, 1.807) is 18.2 Å². The fourth-order valence-electron chi connectivity index (χ4n) is 2.40. The van der Waals surface area contributed by atoms with Crippen LogP contribution in [0.2, 0.25) is 5.02 Å². The lowest BCUT2D eigenvalue weighted by Crippen LogP contribution is -2.20. The number of benzene rings is 3. The molecule has 2 N–H and O–H groups in total. The first-order chi connectivity index (χ1) is 14.2. The van der Waals surface area contributed by atoms with E-state index in [1.807, 2.05) is 6.07 Å². The Hall–Kier alpha value is -2.62. The minimum absolute atomic E-state index is 0.0206. The van der Waals surface area contributed by atoms with Crippen molar-refractivity contribution < 1.29 is 22.3 Å². The third-order valence-electron chi connectivity index (χ3n) is 3.78. The molecular weight excluding hydrogens is 499 g/mol. The fraction of sp³-hybridized carbons (Fsp3) is 0.0500. The zero-order valence-corrected chi connectivity index (χ0v) is 18.4. The van der Waals surface area contributed by atoms with Gasteiger partial charge in [0.2, 0.25) is 0 Å². The molecule has 3 rings (SSSR count). The van der Waals surface area contributed by atoms with E-state index in [0.717, 1.165) is 16.6 Å². The molecule has 0 atom stereocenters. The van der Waals surface area contributed by atoms with Gasteiger partial charge in [0.1, 0.15) is 11.6 Å². The predicted octanol–water partition coefficient (Wildman–Crippen LogP) is 5.06. The van der Waals surface area contributed by atoms with Crippen molar-refractivity contribution in [1.29, 1.82) is 0 Å². The van der Waals surface area contributed by atoms with Crippen molar-refractivity contribution in [3.05, 3.63) is 82.0 Å². The molecule has 0 saturated heterocycles. The van der Waals surface area contributed by atoms with Gasteiger partial charge in [-0.1, -0.05) is 33.6 Å². The van der Waals surface area contributed by atoms with E-state index < -0.39 is 21.7 Å². The quantitative estimate of drug-likeness (QED) is 0.462. The zero-order valence-electron chi connectivity index (χ0n) is 15.2. The maximum atomic E-state index is 13.0. The van der Waals surface area contributed by atoms with Crippen LogP contribution < -0.4 is 14.8 Å². The summed E-state index contributed by atoms with van der Waals surface area (Å²) in [5.41, 5.74) is 0.800. The Kier molecular flexibility index (Phi) is 6.96. The molecule has 10 heteroatoms. The van der Waals surface area contributed by atoms with Crippen LogP contribution in [0.15, 0.2) is 76.1 Å². The predicted molar refractivity (Wildman–Crippen MR) is 117 cm³/mol. The van der Waals surface area contributed by atoms with Gasteiger partial charge in [-0.3, -0.25) is 9.52 Å². The molecule has 0 radical (unpaired) electrons. The van der Waals surface area contributed by atoms with Crippen molar-refractivity contribution >= 4 is 54.8 Å². The van der Waals surface area contributed by atoms with Crippen molar-refractivity contribution in [2.75, 3.05) is 16.6 Å². The second-order valence-electron chi connectivity index (χ2n) is 6.05. The van der Waals surface area contributed by atoms with Gasteiger partial charge in [0.05, 0.1) is 9.92 Å². The Morgan fingerprint density at radius 3 is 2.43 bits per heavy atom. The number of carbonyl (C=O) groups excluding carboxylic acids is 1. The third-order valence-corrected chi connectivity index (χ3v) is 5.94. The molecule has 0 aliphatic heterocycles. The van der Waals surface area contributed by atoms with Gasteiger partial charge in [0, 0.05) is 15.8 Å². The summed E-state index contributed by atoms with van der Waals surface area (Å²) in [5, 5.41) is 2.69. The SMILES string of the molecule is O=C(COc1ccc(S(=O)(=O)Nc2ccc(F)cc2)cc1Cl)Nc1cccc(Br)c1. The second-order valence-corrected chi connectivity index (χ2v) is 9.06. The average molecular weight is 514 g/mol. The highest BCUT2D eigenvalue weighted by atomic mass is 79.9. The molecule has 0 spiro atoms. The molecule has 0 unspecified atom stereocenters. The number of carbonyl (C=O) groups is 1. The van der Waals surface area contributed by atoms with E-state index in [1.165, 1.54) is 30.3 Å². The van der Waals surface area contributed by atoms with Crippen LogP contribution in [0.1, 0.15) is 0 Å². The number of nitrogens with one attached hydrogen (secondary N) is 2. The first-order valence-corrected chi connectivity index (χ1v) is 11.1. The number of hydrogen-bond acceptors (Lipinski definition) is 4. The van der Waals surface area contributed by atoms with Crippen molar-refractivity contribution in [2.45, 2.75) is 4.90 Å². The van der Waals surface area contributed by atoms with E-state index >= 15 is 0 Å². The minimum atomic E-state index is -3.94. The Balaban J connectivity index is 1.64. The van der Waals surface area contributed by atoms with Gasteiger partial charge in [-0.2, -0.15) is 0 Å². The van der Waals surface area contributed by atoms with Gasteiger partial charge in [0.25, 0.3) is 15.9 Å². The standard InChI is InChI=1S/C20H15BrClFN2O4S/c21-13-2-1-3-16(10-13)24-20(26)12-29-19-9-8-17(11-18(19)22)30(27,28)25-15-6-4-14(23)5-7-15/h1-11,25H,12H2,(H,24,26). The average Bonchev–Trinajstić information content (AvgIpc) is 2.68. The van der Waals surface area contributed by atoms with E-state index in [0.29, 0.717) is 5.69 Å². The van der Waals surface area contributed by atoms with Gasteiger partial charge >= 0.3 is 0 Å². The highest BCUT2D eigenvalue weighted by Gasteiger charge is 2.17. The largest absolute Gasteiger partial charge is 0.482 e. The molecule has 3 aromatic rings. The number of hydrogen-bond donors (Lipinski definition) is 2. The summed E-state index contributed by atoms with van der Waals surface area (Å²) in [4.78, 5) is 11.9. The van der Waals surface area contributed by atoms with Crippen LogP contribution in [0.5, 0.6) is 5.75 Å². The van der Waals surface area contributed by atoms with E-state index in [9.17, 15) is 17.6 Å². The van der Waals surface area contributed by atoms with Crippen molar-refractivity contribution in [2.24, 2.45) is 0 Å². The van der Waals surface area contributed by atoms with Gasteiger partial charge in [-0.25, -0.2) is 12.8 Å². The van der Waals surface area contributed by atoms with Crippen LogP contribution >= 0.6 is 27.5 Å². The zero-order chi connectivity index (χ0) is 21.7. The molecule has 0 heterocycles. The normalized spacial score (nSPS) is 11.0. The summed E-state index contributed by atoms with van der Waals surface area (Å²) >= 11 is 9.43.